The summed E-state index contributed by atoms with van der Waals surface area (Å²) in [5, 5.41) is 14.8. The fraction of sp³-hybridized carbons (Fsp3) is 0.318. The largest absolute Gasteiger partial charge is 0.478 e. The van der Waals surface area contributed by atoms with Crippen LogP contribution in [0.15, 0.2) is 54.6 Å². The summed E-state index contributed by atoms with van der Waals surface area (Å²) >= 11 is 0. The maximum absolute atomic E-state index is 12.5. The van der Waals surface area contributed by atoms with E-state index < -0.39 is 5.97 Å². The second kappa shape index (κ2) is 9.73. The molecule has 7 nitrogen and oxygen atoms in total. The Hall–Kier alpha value is -3.35. The van der Waals surface area contributed by atoms with Gasteiger partial charge in [-0.2, -0.15) is 0 Å². The zero-order valence-electron chi connectivity index (χ0n) is 16.1. The quantitative estimate of drug-likeness (QED) is 0.700. The van der Waals surface area contributed by atoms with Gasteiger partial charge in [0.05, 0.1) is 5.56 Å². The first kappa shape index (κ1) is 20.4. The highest BCUT2D eigenvalue weighted by Gasteiger charge is 2.24. The molecule has 7 heteroatoms. The van der Waals surface area contributed by atoms with Crippen molar-refractivity contribution in [1.82, 2.24) is 15.5 Å². The summed E-state index contributed by atoms with van der Waals surface area (Å²) < 4.78 is 0. The number of carboxylic acids is 1. The first-order valence-electron chi connectivity index (χ1n) is 9.71. The summed E-state index contributed by atoms with van der Waals surface area (Å²) in [6.07, 6.45) is 1.86. The molecule has 29 heavy (non-hydrogen) atoms. The van der Waals surface area contributed by atoms with Gasteiger partial charge in [0.25, 0.3) is 5.91 Å². The Morgan fingerprint density at radius 1 is 0.966 bits per heavy atom. The maximum atomic E-state index is 12.5. The lowest BCUT2D eigenvalue weighted by atomic mass is 9.98. The van der Waals surface area contributed by atoms with Crippen LogP contribution in [0.1, 0.15) is 39.1 Å². The monoisotopic (exact) mass is 395 g/mol. The van der Waals surface area contributed by atoms with Gasteiger partial charge in [-0.05, 0) is 48.6 Å². The number of hydrogen-bond donors (Lipinski definition) is 3. The number of amides is 3. The Bertz CT molecular complexity index is 852. The minimum atomic E-state index is -0.973. The number of likely N-dealkylation sites (tertiary alicyclic amines) is 1. The van der Waals surface area contributed by atoms with E-state index >= 15 is 0 Å². The molecule has 1 heterocycles. The van der Waals surface area contributed by atoms with Crippen molar-refractivity contribution in [3.63, 3.8) is 0 Å². The molecule has 1 atom stereocenters. The molecule has 0 radical (unpaired) electrons. The van der Waals surface area contributed by atoms with Crippen LogP contribution in [-0.4, -0.2) is 47.5 Å². The third kappa shape index (κ3) is 5.81. The summed E-state index contributed by atoms with van der Waals surface area (Å²) in [5.41, 5.74) is 1.69. The van der Waals surface area contributed by atoms with E-state index in [1.165, 1.54) is 12.1 Å². The summed E-state index contributed by atoms with van der Waals surface area (Å²) in [4.78, 5) is 37.3. The van der Waals surface area contributed by atoms with E-state index in [9.17, 15) is 14.4 Å². The van der Waals surface area contributed by atoms with Crippen LogP contribution in [0.2, 0.25) is 0 Å². The molecule has 3 amide bonds. The van der Waals surface area contributed by atoms with Crippen molar-refractivity contribution < 1.29 is 19.5 Å². The standard InChI is InChI=1S/C22H25N3O4/c26-20(18-6-2-1-3-7-18)23-14-17-5-4-12-25(15-17)22(29)24-13-16-8-10-19(11-9-16)21(27)28/h1-3,6-11,17H,4-5,12-15H2,(H,23,26)(H,24,29)(H,27,28). The molecule has 1 unspecified atom stereocenters. The molecule has 1 fully saturated rings. The van der Waals surface area contributed by atoms with E-state index in [1.54, 1.807) is 29.2 Å². The Morgan fingerprint density at radius 2 is 1.69 bits per heavy atom. The number of carboxylic acid groups (broad SMARTS) is 1. The van der Waals surface area contributed by atoms with Crippen LogP contribution in [0.5, 0.6) is 0 Å². The molecule has 0 aromatic heterocycles. The highest BCUT2D eigenvalue weighted by Crippen LogP contribution is 2.16. The predicted octanol–water partition coefficient (Wildman–Crippen LogP) is 2.74. The molecule has 3 rings (SSSR count). The molecule has 1 saturated heterocycles. The lowest BCUT2D eigenvalue weighted by Crippen LogP contribution is -2.47. The van der Waals surface area contributed by atoms with Gasteiger partial charge in [-0.25, -0.2) is 9.59 Å². The highest BCUT2D eigenvalue weighted by atomic mass is 16.4. The Balaban J connectivity index is 1.45. The molecule has 1 aliphatic rings. The Morgan fingerprint density at radius 3 is 2.38 bits per heavy atom. The molecular formula is C22H25N3O4. The average molecular weight is 395 g/mol. The van der Waals surface area contributed by atoms with Crippen LogP contribution in [0, 0.1) is 5.92 Å². The van der Waals surface area contributed by atoms with Gasteiger partial charge in [0.2, 0.25) is 0 Å². The molecule has 0 aliphatic carbocycles. The number of nitrogens with one attached hydrogen (secondary N) is 2. The average Bonchev–Trinajstić information content (AvgIpc) is 2.77. The van der Waals surface area contributed by atoms with Gasteiger partial charge in [0.15, 0.2) is 0 Å². The molecule has 0 spiro atoms. The molecule has 2 aromatic carbocycles. The second-order valence-electron chi connectivity index (χ2n) is 7.19. The third-order valence-corrected chi connectivity index (χ3v) is 5.04. The van der Waals surface area contributed by atoms with Crippen LogP contribution < -0.4 is 10.6 Å². The van der Waals surface area contributed by atoms with E-state index in [1.807, 2.05) is 18.2 Å². The van der Waals surface area contributed by atoms with Gasteiger partial charge in [-0.15, -0.1) is 0 Å². The van der Waals surface area contributed by atoms with Crippen LogP contribution in [0.3, 0.4) is 0 Å². The predicted molar refractivity (Wildman–Crippen MR) is 109 cm³/mol. The van der Waals surface area contributed by atoms with Gasteiger partial charge >= 0.3 is 12.0 Å². The first-order valence-corrected chi connectivity index (χ1v) is 9.71. The van der Waals surface area contributed by atoms with Crippen molar-refractivity contribution >= 4 is 17.9 Å². The van der Waals surface area contributed by atoms with E-state index in [-0.39, 0.29) is 23.4 Å². The van der Waals surface area contributed by atoms with Gasteiger partial charge in [-0.3, -0.25) is 4.79 Å². The van der Waals surface area contributed by atoms with Crippen LogP contribution in [-0.2, 0) is 6.54 Å². The minimum absolute atomic E-state index is 0.100. The summed E-state index contributed by atoms with van der Waals surface area (Å²) in [6.45, 7) is 2.16. The number of aromatic carboxylic acids is 1. The van der Waals surface area contributed by atoms with Crippen LogP contribution in [0.4, 0.5) is 4.79 Å². The number of rotatable bonds is 6. The molecule has 1 aliphatic heterocycles. The zero-order valence-corrected chi connectivity index (χ0v) is 16.1. The SMILES string of the molecule is O=C(O)c1ccc(CNC(=O)N2CCCC(CNC(=O)c3ccccc3)C2)cc1. The Kier molecular flexibility index (Phi) is 6.84. The summed E-state index contributed by atoms with van der Waals surface area (Å²) in [6, 6.07) is 15.4. The minimum Gasteiger partial charge on any atom is -0.478 e. The van der Waals surface area contributed by atoms with Crippen molar-refractivity contribution in [3.05, 3.63) is 71.3 Å². The van der Waals surface area contributed by atoms with E-state index in [0.717, 1.165) is 18.4 Å². The lowest BCUT2D eigenvalue weighted by Gasteiger charge is -2.33. The van der Waals surface area contributed by atoms with E-state index in [0.29, 0.717) is 31.7 Å². The molecule has 0 bridgehead atoms. The topological polar surface area (TPSA) is 98.7 Å². The third-order valence-electron chi connectivity index (χ3n) is 5.04. The summed E-state index contributed by atoms with van der Waals surface area (Å²) in [7, 11) is 0. The molecule has 2 aromatic rings. The fourth-order valence-corrected chi connectivity index (χ4v) is 3.40. The van der Waals surface area contributed by atoms with Crippen LogP contribution >= 0.6 is 0 Å². The Labute approximate surface area is 169 Å². The van der Waals surface area contributed by atoms with Crippen LogP contribution in [0.25, 0.3) is 0 Å². The maximum Gasteiger partial charge on any atom is 0.335 e. The lowest BCUT2D eigenvalue weighted by molar-refractivity contribution is 0.0696. The van der Waals surface area contributed by atoms with Gasteiger partial charge in [-0.1, -0.05) is 30.3 Å². The first-order chi connectivity index (χ1) is 14.0. The molecule has 152 valence electrons. The highest BCUT2D eigenvalue weighted by molar-refractivity contribution is 5.94. The van der Waals surface area contributed by atoms with Crippen molar-refractivity contribution in [3.8, 4) is 0 Å². The fourth-order valence-electron chi connectivity index (χ4n) is 3.40. The molecule has 0 saturated carbocycles. The number of nitrogens with zero attached hydrogens (tertiary/aromatic N) is 1. The zero-order chi connectivity index (χ0) is 20.6. The van der Waals surface area contributed by atoms with E-state index in [4.69, 9.17) is 5.11 Å². The second-order valence-corrected chi connectivity index (χ2v) is 7.19. The normalized spacial score (nSPS) is 16.1. The number of hydrogen-bond acceptors (Lipinski definition) is 3. The van der Waals surface area contributed by atoms with Crippen molar-refractivity contribution in [2.45, 2.75) is 19.4 Å². The van der Waals surface area contributed by atoms with Crippen molar-refractivity contribution in [2.24, 2.45) is 5.92 Å². The van der Waals surface area contributed by atoms with Crippen molar-refractivity contribution in [2.75, 3.05) is 19.6 Å². The van der Waals surface area contributed by atoms with E-state index in [2.05, 4.69) is 10.6 Å². The smallest absolute Gasteiger partial charge is 0.335 e. The van der Waals surface area contributed by atoms with Gasteiger partial charge in [0.1, 0.15) is 0 Å². The number of piperidine rings is 1. The number of carbonyl (C=O) groups excluding carboxylic acids is 2. The van der Waals surface area contributed by atoms with Gasteiger partial charge < -0.3 is 20.6 Å². The number of carbonyl (C=O) groups is 3. The number of benzene rings is 2. The molecule has 3 N–H and O–H groups in total. The number of urea groups is 1. The van der Waals surface area contributed by atoms with Gasteiger partial charge in [0, 0.05) is 31.7 Å². The summed E-state index contributed by atoms with van der Waals surface area (Å²) in [5.74, 6) is -0.853. The molecular weight excluding hydrogens is 370 g/mol. The van der Waals surface area contributed by atoms with Crippen molar-refractivity contribution in [1.29, 1.82) is 0 Å².